The van der Waals surface area contributed by atoms with E-state index in [2.05, 4.69) is 0 Å². The van der Waals surface area contributed by atoms with Crippen LogP contribution in [0.1, 0.15) is 18.9 Å². The molecule has 0 fully saturated rings. The average Bonchev–Trinajstić information content (AvgIpc) is 2.53. The Bertz CT molecular complexity index is 547. The predicted molar refractivity (Wildman–Crippen MR) is 83.2 cm³/mol. The van der Waals surface area contributed by atoms with Gasteiger partial charge in [0, 0.05) is 0 Å². The second-order valence-electron chi connectivity index (χ2n) is 5.40. The molecule has 0 saturated heterocycles. The summed E-state index contributed by atoms with van der Waals surface area (Å²) in [7, 11) is 0. The lowest BCUT2D eigenvalue weighted by molar-refractivity contribution is -0.156. The molecule has 7 heteroatoms. The number of carbonyl (C=O) groups is 3. The van der Waals surface area contributed by atoms with Crippen molar-refractivity contribution in [1.29, 1.82) is 0 Å². The molecule has 1 aromatic carbocycles. The Kier molecular flexibility index (Phi) is 7.37. The van der Waals surface area contributed by atoms with Gasteiger partial charge < -0.3 is 21.3 Å². The Balaban J connectivity index is 2.74. The normalized spacial score (nSPS) is 14.6. The van der Waals surface area contributed by atoms with Gasteiger partial charge in [0.25, 0.3) is 0 Å². The van der Waals surface area contributed by atoms with Gasteiger partial charge in [0.15, 0.2) is 5.78 Å². The second kappa shape index (κ2) is 9.02. The molecule has 0 aliphatic rings. The molecule has 3 atom stereocenters. The van der Waals surface area contributed by atoms with Crippen molar-refractivity contribution in [2.75, 3.05) is 6.54 Å². The van der Waals surface area contributed by atoms with Crippen molar-refractivity contribution >= 4 is 17.7 Å². The number of rotatable bonds is 9. The van der Waals surface area contributed by atoms with Crippen molar-refractivity contribution in [2.45, 2.75) is 26.0 Å². The van der Waals surface area contributed by atoms with E-state index in [1.807, 2.05) is 6.07 Å². The maximum absolute atomic E-state index is 12.2. The molecule has 0 saturated carbocycles. The lowest BCUT2D eigenvalue weighted by atomic mass is 9.85. The smallest absolute Gasteiger partial charge is 0.320 e. The van der Waals surface area contributed by atoms with Gasteiger partial charge in [-0.05, 0) is 17.9 Å². The number of aliphatic carboxylic acids is 1. The zero-order chi connectivity index (χ0) is 17.4. The predicted octanol–water partition coefficient (Wildman–Crippen LogP) is 0.312. The largest absolute Gasteiger partial charge is 0.480 e. The van der Waals surface area contributed by atoms with Crippen LogP contribution in [0.15, 0.2) is 30.3 Å². The highest BCUT2D eigenvalue weighted by molar-refractivity contribution is 6.00. The quantitative estimate of drug-likeness (QED) is 0.440. The highest BCUT2D eigenvalue weighted by Crippen LogP contribution is 2.20. The van der Waals surface area contributed by atoms with Gasteiger partial charge in [0.05, 0.1) is 6.54 Å². The standard InChI is InChI=1S/C16H22N2O5/c1-10(7-12(18)15(20)21)14(13(19)8-17)16(22)23-9-11-5-3-2-4-6-11/h2-6,10,12,14H,7-9,17-18H2,1H3,(H,20,21)/t10?,12-,14?/m0/s1. The number of hydrogen-bond acceptors (Lipinski definition) is 6. The molecular formula is C16H22N2O5. The van der Waals surface area contributed by atoms with Crippen molar-refractivity contribution in [3.8, 4) is 0 Å². The van der Waals surface area contributed by atoms with E-state index in [9.17, 15) is 14.4 Å². The maximum atomic E-state index is 12.2. The molecule has 0 heterocycles. The fraction of sp³-hybridized carbons (Fsp3) is 0.438. The van der Waals surface area contributed by atoms with Gasteiger partial charge in [-0.15, -0.1) is 0 Å². The summed E-state index contributed by atoms with van der Waals surface area (Å²) in [5, 5.41) is 8.85. The van der Waals surface area contributed by atoms with Crippen molar-refractivity contribution in [3.63, 3.8) is 0 Å². The molecule has 126 valence electrons. The van der Waals surface area contributed by atoms with E-state index >= 15 is 0 Å². The summed E-state index contributed by atoms with van der Waals surface area (Å²) < 4.78 is 5.17. The first-order valence-corrected chi connectivity index (χ1v) is 7.28. The Morgan fingerprint density at radius 2 is 1.83 bits per heavy atom. The summed E-state index contributed by atoms with van der Waals surface area (Å²) >= 11 is 0. The third-order valence-corrected chi connectivity index (χ3v) is 3.54. The Morgan fingerprint density at radius 1 is 1.22 bits per heavy atom. The van der Waals surface area contributed by atoms with Crippen LogP contribution in [-0.2, 0) is 25.7 Å². The molecule has 0 bridgehead atoms. The first kappa shape index (κ1) is 18.8. The molecule has 7 nitrogen and oxygen atoms in total. The maximum Gasteiger partial charge on any atom is 0.320 e. The molecular weight excluding hydrogens is 300 g/mol. The third kappa shape index (κ3) is 5.80. The zero-order valence-corrected chi connectivity index (χ0v) is 13.0. The average molecular weight is 322 g/mol. The molecule has 0 aliphatic heterocycles. The SMILES string of the molecule is CC(C[C@H](N)C(=O)O)C(C(=O)CN)C(=O)OCc1ccccc1. The van der Waals surface area contributed by atoms with E-state index < -0.39 is 35.6 Å². The minimum atomic E-state index is -1.19. The number of Topliss-reactive ketones (excluding diaryl/α,β-unsaturated/α-hetero) is 1. The van der Waals surface area contributed by atoms with E-state index in [1.54, 1.807) is 31.2 Å². The van der Waals surface area contributed by atoms with Crippen LogP contribution in [0.5, 0.6) is 0 Å². The molecule has 0 radical (unpaired) electrons. The van der Waals surface area contributed by atoms with Crippen LogP contribution in [0.25, 0.3) is 0 Å². The van der Waals surface area contributed by atoms with Gasteiger partial charge in [-0.3, -0.25) is 14.4 Å². The molecule has 23 heavy (non-hydrogen) atoms. The summed E-state index contributed by atoms with van der Waals surface area (Å²) in [6.45, 7) is 1.30. The summed E-state index contributed by atoms with van der Waals surface area (Å²) in [4.78, 5) is 35.0. The first-order chi connectivity index (χ1) is 10.9. The fourth-order valence-electron chi connectivity index (χ4n) is 2.26. The molecule has 0 amide bonds. The highest BCUT2D eigenvalue weighted by Gasteiger charge is 2.34. The molecule has 2 unspecified atom stereocenters. The van der Waals surface area contributed by atoms with Crippen LogP contribution >= 0.6 is 0 Å². The zero-order valence-electron chi connectivity index (χ0n) is 13.0. The van der Waals surface area contributed by atoms with Crippen LogP contribution < -0.4 is 11.5 Å². The fourth-order valence-corrected chi connectivity index (χ4v) is 2.26. The number of nitrogens with two attached hydrogens (primary N) is 2. The van der Waals surface area contributed by atoms with E-state index in [0.29, 0.717) is 0 Å². The van der Waals surface area contributed by atoms with Gasteiger partial charge >= 0.3 is 11.9 Å². The van der Waals surface area contributed by atoms with Gasteiger partial charge in [-0.1, -0.05) is 37.3 Å². The van der Waals surface area contributed by atoms with E-state index in [-0.39, 0.29) is 19.6 Å². The van der Waals surface area contributed by atoms with E-state index in [0.717, 1.165) is 5.56 Å². The number of ether oxygens (including phenoxy) is 1. The van der Waals surface area contributed by atoms with Gasteiger partial charge in [-0.2, -0.15) is 0 Å². The molecule has 5 N–H and O–H groups in total. The molecule has 0 aromatic heterocycles. The molecule has 1 aromatic rings. The Labute approximate surface area is 134 Å². The van der Waals surface area contributed by atoms with Gasteiger partial charge in [0.1, 0.15) is 18.6 Å². The number of benzene rings is 1. The Hall–Kier alpha value is -2.25. The van der Waals surface area contributed by atoms with Crippen molar-refractivity contribution in [2.24, 2.45) is 23.3 Å². The van der Waals surface area contributed by atoms with Crippen LogP contribution in [0.3, 0.4) is 0 Å². The number of carboxylic acids is 1. The number of ketones is 1. The number of carboxylic acid groups (broad SMARTS) is 1. The lowest BCUT2D eigenvalue weighted by Crippen LogP contribution is -2.40. The van der Waals surface area contributed by atoms with E-state index in [1.165, 1.54) is 0 Å². The topological polar surface area (TPSA) is 133 Å². The van der Waals surface area contributed by atoms with Gasteiger partial charge in [-0.25, -0.2) is 0 Å². The first-order valence-electron chi connectivity index (χ1n) is 7.28. The molecule has 0 spiro atoms. The molecule has 1 rings (SSSR count). The van der Waals surface area contributed by atoms with Crippen molar-refractivity contribution in [1.82, 2.24) is 0 Å². The van der Waals surface area contributed by atoms with Crippen molar-refractivity contribution < 1.29 is 24.2 Å². The summed E-state index contributed by atoms with van der Waals surface area (Å²) in [6, 6.07) is 7.87. The monoisotopic (exact) mass is 322 g/mol. The van der Waals surface area contributed by atoms with Crippen molar-refractivity contribution in [3.05, 3.63) is 35.9 Å². The minimum absolute atomic E-state index is 0.0216. The minimum Gasteiger partial charge on any atom is -0.480 e. The highest BCUT2D eigenvalue weighted by atomic mass is 16.5. The third-order valence-electron chi connectivity index (χ3n) is 3.54. The summed E-state index contributed by atoms with van der Waals surface area (Å²) in [6.07, 6.45) is -0.0216. The lowest BCUT2D eigenvalue weighted by Gasteiger charge is -2.22. The van der Waals surface area contributed by atoms with Gasteiger partial charge in [0.2, 0.25) is 0 Å². The number of hydrogen-bond donors (Lipinski definition) is 3. The summed E-state index contributed by atoms with van der Waals surface area (Å²) in [5.74, 6) is -4.09. The molecule has 0 aliphatic carbocycles. The summed E-state index contributed by atoms with van der Waals surface area (Å²) in [5.41, 5.74) is 11.6. The van der Waals surface area contributed by atoms with Crippen LogP contribution in [0.4, 0.5) is 0 Å². The Morgan fingerprint density at radius 3 is 2.35 bits per heavy atom. The van der Waals surface area contributed by atoms with Crippen LogP contribution in [0.2, 0.25) is 0 Å². The second-order valence-corrected chi connectivity index (χ2v) is 5.40. The number of carbonyl (C=O) groups excluding carboxylic acids is 2. The van der Waals surface area contributed by atoms with Crippen LogP contribution in [-0.4, -0.2) is 35.4 Å². The van der Waals surface area contributed by atoms with E-state index in [4.69, 9.17) is 21.3 Å². The number of esters is 1. The van der Waals surface area contributed by atoms with Crippen LogP contribution in [0, 0.1) is 11.8 Å².